The van der Waals surface area contributed by atoms with Crippen LogP contribution < -0.4 is 4.72 Å². The van der Waals surface area contributed by atoms with E-state index >= 15 is 0 Å². The fraction of sp³-hybridized carbons (Fsp3) is 0.231. The predicted molar refractivity (Wildman–Crippen MR) is 80.7 cm³/mol. The van der Waals surface area contributed by atoms with E-state index < -0.39 is 10.0 Å². The number of halogens is 1. The SMILES string of the molecule is CCc1ccc(S(=O)(=O)Nc2ccc(Cl)cc2C)s1. The predicted octanol–water partition coefficient (Wildman–Crippen LogP) is 4.07. The molecule has 0 atom stereocenters. The van der Waals surface area contributed by atoms with Gasteiger partial charge in [0, 0.05) is 9.90 Å². The first-order valence-corrected chi connectivity index (χ1v) is 8.48. The van der Waals surface area contributed by atoms with Gasteiger partial charge in [0.25, 0.3) is 10.0 Å². The molecule has 0 aliphatic rings. The van der Waals surface area contributed by atoms with Crippen molar-refractivity contribution in [3.63, 3.8) is 0 Å². The average Bonchev–Trinajstić information content (AvgIpc) is 2.82. The topological polar surface area (TPSA) is 46.2 Å². The first kappa shape index (κ1) is 14.4. The Kier molecular flexibility index (Phi) is 4.18. The Bertz CT molecular complexity index is 692. The van der Waals surface area contributed by atoms with E-state index in [0.29, 0.717) is 14.9 Å². The minimum atomic E-state index is -3.51. The van der Waals surface area contributed by atoms with Crippen molar-refractivity contribution < 1.29 is 8.42 Å². The van der Waals surface area contributed by atoms with E-state index in [1.807, 2.05) is 19.9 Å². The Balaban J connectivity index is 2.30. The molecule has 6 heteroatoms. The van der Waals surface area contributed by atoms with Gasteiger partial charge < -0.3 is 0 Å². The smallest absolute Gasteiger partial charge is 0.271 e. The van der Waals surface area contributed by atoms with Gasteiger partial charge in [0.1, 0.15) is 4.21 Å². The lowest BCUT2D eigenvalue weighted by atomic mass is 10.2. The maximum atomic E-state index is 12.2. The van der Waals surface area contributed by atoms with Crippen LogP contribution in [-0.4, -0.2) is 8.42 Å². The standard InChI is InChI=1S/C13H14ClNO2S2/c1-3-11-5-7-13(18-11)19(16,17)15-12-6-4-10(14)8-9(12)2/h4-8,15H,3H2,1-2H3. The number of anilines is 1. The average molecular weight is 316 g/mol. The van der Waals surface area contributed by atoms with Crippen LogP contribution in [0, 0.1) is 6.92 Å². The van der Waals surface area contributed by atoms with Crippen molar-refractivity contribution in [2.45, 2.75) is 24.5 Å². The van der Waals surface area contributed by atoms with Crippen molar-refractivity contribution in [1.29, 1.82) is 0 Å². The third kappa shape index (κ3) is 3.29. The molecule has 19 heavy (non-hydrogen) atoms. The number of hydrogen-bond acceptors (Lipinski definition) is 3. The summed E-state index contributed by atoms with van der Waals surface area (Å²) in [6.07, 6.45) is 0.833. The van der Waals surface area contributed by atoms with Crippen molar-refractivity contribution >= 4 is 38.6 Å². The Morgan fingerprint density at radius 1 is 1.26 bits per heavy atom. The van der Waals surface area contributed by atoms with Gasteiger partial charge in [-0.2, -0.15) is 0 Å². The van der Waals surface area contributed by atoms with Crippen molar-refractivity contribution in [1.82, 2.24) is 0 Å². The lowest BCUT2D eigenvalue weighted by molar-refractivity contribution is 0.603. The van der Waals surface area contributed by atoms with Gasteiger partial charge in [-0.1, -0.05) is 18.5 Å². The molecule has 3 nitrogen and oxygen atoms in total. The third-order valence-corrected chi connectivity index (χ3v) is 6.01. The fourth-order valence-corrected chi connectivity index (χ4v) is 4.28. The minimum Gasteiger partial charge on any atom is -0.279 e. The van der Waals surface area contributed by atoms with Crippen LogP contribution >= 0.6 is 22.9 Å². The minimum absolute atomic E-state index is 0.332. The summed E-state index contributed by atoms with van der Waals surface area (Å²) in [6.45, 7) is 3.81. The largest absolute Gasteiger partial charge is 0.279 e. The summed E-state index contributed by atoms with van der Waals surface area (Å²) in [6, 6.07) is 8.54. The Hall–Kier alpha value is -1.04. The van der Waals surface area contributed by atoms with E-state index in [9.17, 15) is 8.42 Å². The number of rotatable bonds is 4. The summed E-state index contributed by atoms with van der Waals surface area (Å²) in [4.78, 5) is 1.05. The highest BCUT2D eigenvalue weighted by Gasteiger charge is 2.17. The molecule has 0 aliphatic carbocycles. The molecule has 1 aromatic heterocycles. The third-order valence-electron chi connectivity index (χ3n) is 2.68. The van der Waals surface area contributed by atoms with Crippen LogP contribution in [0.25, 0.3) is 0 Å². The molecule has 0 fully saturated rings. The summed E-state index contributed by atoms with van der Waals surface area (Å²) in [7, 11) is -3.51. The van der Waals surface area contributed by atoms with Crippen LogP contribution in [0.4, 0.5) is 5.69 Å². The number of thiophene rings is 1. The molecule has 0 aliphatic heterocycles. The van der Waals surface area contributed by atoms with Crippen molar-refractivity contribution in [3.8, 4) is 0 Å². The lowest BCUT2D eigenvalue weighted by Gasteiger charge is -2.09. The number of benzene rings is 1. The summed E-state index contributed by atoms with van der Waals surface area (Å²) in [5.41, 5.74) is 1.35. The highest BCUT2D eigenvalue weighted by Crippen LogP contribution is 2.26. The van der Waals surface area contributed by atoms with Crippen LogP contribution in [0.15, 0.2) is 34.5 Å². The van der Waals surface area contributed by atoms with Crippen LogP contribution in [0.2, 0.25) is 5.02 Å². The van der Waals surface area contributed by atoms with E-state index in [0.717, 1.165) is 16.9 Å². The van der Waals surface area contributed by atoms with Gasteiger partial charge in [-0.15, -0.1) is 11.3 Å². The number of aryl methyl sites for hydroxylation is 2. The summed E-state index contributed by atoms with van der Waals surface area (Å²) in [5, 5.41) is 0.588. The van der Waals surface area contributed by atoms with Crippen LogP contribution in [0.1, 0.15) is 17.4 Å². The summed E-state index contributed by atoms with van der Waals surface area (Å²) in [5.74, 6) is 0. The molecule has 0 saturated heterocycles. The molecule has 2 aromatic rings. The molecule has 0 saturated carbocycles. The fourth-order valence-electron chi connectivity index (χ4n) is 1.63. The summed E-state index contributed by atoms with van der Waals surface area (Å²) >= 11 is 7.14. The first-order valence-electron chi connectivity index (χ1n) is 5.80. The zero-order valence-corrected chi connectivity index (χ0v) is 13.0. The molecule has 1 aromatic carbocycles. The van der Waals surface area contributed by atoms with Gasteiger partial charge in [0.2, 0.25) is 0 Å². The van der Waals surface area contributed by atoms with Crippen molar-refractivity contribution in [3.05, 3.63) is 45.8 Å². The molecule has 1 N–H and O–H groups in total. The molecule has 0 spiro atoms. The van der Waals surface area contributed by atoms with Crippen LogP contribution in [0.3, 0.4) is 0 Å². The maximum absolute atomic E-state index is 12.2. The van der Waals surface area contributed by atoms with Gasteiger partial charge >= 0.3 is 0 Å². The Morgan fingerprint density at radius 3 is 2.58 bits per heavy atom. The molecular weight excluding hydrogens is 302 g/mol. The van der Waals surface area contributed by atoms with Gasteiger partial charge in [-0.3, -0.25) is 4.72 Å². The van der Waals surface area contributed by atoms with Crippen LogP contribution in [-0.2, 0) is 16.4 Å². The highest BCUT2D eigenvalue weighted by molar-refractivity contribution is 7.94. The lowest BCUT2D eigenvalue weighted by Crippen LogP contribution is -2.12. The second kappa shape index (κ2) is 5.53. The van der Waals surface area contributed by atoms with Gasteiger partial charge in [0.15, 0.2) is 0 Å². The van der Waals surface area contributed by atoms with E-state index in [1.165, 1.54) is 11.3 Å². The van der Waals surface area contributed by atoms with Gasteiger partial charge in [-0.05, 0) is 49.2 Å². The summed E-state index contributed by atoms with van der Waals surface area (Å²) < 4.78 is 27.4. The molecule has 0 bridgehead atoms. The van der Waals surface area contributed by atoms with Gasteiger partial charge in [0.05, 0.1) is 5.69 Å². The quantitative estimate of drug-likeness (QED) is 0.924. The monoisotopic (exact) mass is 315 g/mol. The zero-order chi connectivity index (χ0) is 14.0. The normalized spacial score (nSPS) is 11.5. The molecular formula is C13H14ClNO2S2. The van der Waals surface area contributed by atoms with Crippen molar-refractivity contribution in [2.75, 3.05) is 4.72 Å². The Labute approximate surface area is 122 Å². The number of sulfonamides is 1. The van der Waals surface area contributed by atoms with E-state index in [2.05, 4.69) is 4.72 Å². The molecule has 1 heterocycles. The van der Waals surface area contributed by atoms with E-state index in [-0.39, 0.29) is 0 Å². The van der Waals surface area contributed by atoms with Gasteiger partial charge in [-0.25, -0.2) is 8.42 Å². The van der Waals surface area contributed by atoms with Crippen molar-refractivity contribution in [2.24, 2.45) is 0 Å². The first-order chi connectivity index (χ1) is 8.92. The second-order valence-corrected chi connectivity index (χ2v) is 7.65. The van der Waals surface area contributed by atoms with E-state index in [1.54, 1.807) is 24.3 Å². The Morgan fingerprint density at radius 2 is 2.00 bits per heavy atom. The molecule has 2 rings (SSSR count). The molecule has 0 radical (unpaired) electrons. The van der Waals surface area contributed by atoms with E-state index in [4.69, 9.17) is 11.6 Å². The molecule has 102 valence electrons. The number of nitrogens with one attached hydrogen (secondary N) is 1. The highest BCUT2D eigenvalue weighted by atomic mass is 35.5. The maximum Gasteiger partial charge on any atom is 0.271 e. The number of hydrogen-bond donors (Lipinski definition) is 1. The second-order valence-electron chi connectivity index (χ2n) is 4.14. The zero-order valence-electron chi connectivity index (χ0n) is 10.6. The molecule has 0 amide bonds. The molecule has 0 unspecified atom stereocenters. The van der Waals surface area contributed by atoms with Crippen LogP contribution in [0.5, 0.6) is 0 Å².